The van der Waals surface area contributed by atoms with Crippen molar-refractivity contribution in [2.45, 2.75) is 6.42 Å². The van der Waals surface area contributed by atoms with Gasteiger partial charge in [0.15, 0.2) is 5.82 Å². The molecule has 0 unspecified atom stereocenters. The molecule has 1 heterocycles. The van der Waals surface area contributed by atoms with E-state index in [1.807, 2.05) is 36.4 Å². The molecule has 0 saturated heterocycles. The number of aromatic nitrogens is 2. The van der Waals surface area contributed by atoms with Gasteiger partial charge in [0.1, 0.15) is 5.15 Å². The number of hydrogen-bond donors (Lipinski definition) is 0. The summed E-state index contributed by atoms with van der Waals surface area (Å²) in [7, 11) is 0. The second kappa shape index (κ2) is 5.57. The van der Waals surface area contributed by atoms with Crippen molar-refractivity contribution in [3.05, 3.63) is 63.5 Å². The highest BCUT2D eigenvalue weighted by Gasteiger charge is 2.13. The molecular formula is C15H9Cl3N2. The smallest absolute Gasteiger partial charge is 0.162 e. The molecule has 0 fully saturated rings. The molecule has 0 radical (unpaired) electrons. The summed E-state index contributed by atoms with van der Waals surface area (Å²) in [6, 6.07) is 7.59. The predicted octanol–water partition coefficient (Wildman–Crippen LogP) is 5.32. The van der Waals surface area contributed by atoms with Gasteiger partial charge in [-0.25, -0.2) is 9.97 Å². The fraction of sp³-hybridized carbons (Fsp3) is 0.0667. The van der Waals surface area contributed by atoms with Crippen molar-refractivity contribution in [1.29, 1.82) is 0 Å². The van der Waals surface area contributed by atoms with E-state index >= 15 is 0 Å². The molecule has 1 aliphatic rings. The van der Waals surface area contributed by atoms with Crippen molar-refractivity contribution in [2.24, 2.45) is 0 Å². The molecule has 1 aromatic carbocycles. The van der Waals surface area contributed by atoms with Crippen LogP contribution in [0.4, 0.5) is 0 Å². The normalized spacial score (nSPS) is 15.4. The van der Waals surface area contributed by atoms with Gasteiger partial charge in [-0.1, -0.05) is 53.0 Å². The fourth-order valence-corrected chi connectivity index (χ4v) is 2.58. The Morgan fingerprint density at radius 1 is 0.950 bits per heavy atom. The number of nitrogens with zero attached hydrogens (tertiary/aromatic N) is 2. The lowest BCUT2D eigenvalue weighted by atomic mass is 10.2. The van der Waals surface area contributed by atoms with E-state index in [0.29, 0.717) is 27.5 Å². The van der Waals surface area contributed by atoms with Crippen LogP contribution in [0.2, 0.25) is 5.15 Å². The number of para-hydroxylation sites is 1. The fourth-order valence-electron chi connectivity index (χ4n) is 1.97. The van der Waals surface area contributed by atoms with Crippen LogP contribution < -0.4 is 0 Å². The molecule has 0 spiro atoms. The summed E-state index contributed by atoms with van der Waals surface area (Å²) in [5.41, 5.74) is 1.53. The average molecular weight is 324 g/mol. The van der Waals surface area contributed by atoms with Gasteiger partial charge in [-0.15, -0.1) is 0 Å². The number of halogens is 3. The van der Waals surface area contributed by atoms with Gasteiger partial charge in [-0.05, 0) is 24.3 Å². The van der Waals surface area contributed by atoms with Crippen LogP contribution in [0.25, 0.3) is 16.5 Å². The molecule has 1 aromatic heterocycles. The first-order chi connectivity index (χ1) is 9.65. The number of allylic oxidation sites excluding steroid dienone is 6. The van der Waals surface area contributed by atoms with Crippen LogP contribution in [-0.4, -0.2) is 9.97 Å². The van der Waals surface area contributed by atoms with E-state index in [9.17, 15) is 0 Å². The molecular weight excluding hydrogens is 315 g/mol. The molecule has 2 aromatic rings. The summed E-state index contributed by atoms with van der Waals surface area (Å²) in [6.07, 6.45) is 5.99. The van der Waals surface area contributed by atoms with Gasteiger partial charge in [-0.2, -0.15) is 0 Å². The number of hydrogen-bond acceptors (Lipinski definition) is 2. The Bertz CT molecular complexity index is 776. The molecule has 0 saturated carbocycles. The van der Waals surface area contributed by atoms with Crippen LogP contribution in [0.3, 0.4) is 0 Å². The topological polar surface area (TPSA) is 25.8 Å². The second-order valence-corrected chi connectivity index (χ2v) is 5.55. The zero-order valence-electron chi connectivity index (χ0n) is 10.3. The minimum atomic E-state index is 0.416. The van der Waals surface area contributed by atoms with Crippen molar-refractivity contribution in [1.82, 2.24) is 9.97 Å². The van der Waals surface area contributed by atoms with Crippen LogP contribution in [0.5, 0.6) is 0 Å². The van der Waals surface area contributed by atoms with Gasteiger partial charge in [-0.3, -0.25) is 0 Å². The molecule has 100 valence electrons. The zero-order valence-corrected chi connectivity index (χ0v) is 12.5. The third-order valence-corrected chi connectivity index (χ3v) is 3.90. The number of rotatable bonds is 1. The third kappa shape index (κ3) is 2.59. The van der Waals surface area contributed by atoms with Crippen LogP contribution in [-0.2, 0) is 0 Å². The minimum absolute atomic E-state index is 0.416. The minimum Gasteiger partial charge on any atom is -0.228 e. The maximum Gasteiger partial charge on any atom is 0.162 e. The van der Waals surface area contributed by atoms with E-state index in [2.05, 4.69) is 9.97 Å². The van der Waals surface area contributed by atoms with E-state index in [4.69, 9.17) is 34.8 Å². The lowest BCUT2D eigenvalue weighted by Gasteiger charge is -2.06. The Morgan fingerprint density at radius 2 is 1.75 bits per heavy atom. The molecule has 0 bridgehead atoms. The van der Waals surface area contributed by atoms with E-state index < -0.39 is 0 Å². The molecule has 0 amide bonds. The lowest BCUT2D eigenvalue weighted by molar-refractivity contribution is 1.16. The van der Waals surface area contributed by atoms with Gasteiger partial charge in [0, 0.05) is 27.4 Å². The van der Waals surface area contributed by atoms with E-state index in [-0.39, 0.29) is 0 Å². The highest BCUT2D eigenvalue weighted by Crippen LogP contribution is 2.30. The summed E-state index contributed by atoms with van der Waals surface area (Å²) >= 11 is 18.5. The quantitative estimate of drug-likeness (QED) is 0.664. The average Bonchev–Trinajstić information content (AvgIpc) is 2.61. The van der Waals surface area contributed by atoms with E-state index in [0.717, 1.165) is 16.5 Å². The molecule has 3 rings (SSSR count). The molecule has 2 nitrogen and oxygen atoms in total. The van der Waals surface area contributed by atoms with Crippen molar-refractivity contribution in [2.75, 3.05) is 0 Å². The van der Waals surface area contributed by atoms with Crippen molar-refractivity contribution in [3.8, 4) is 0 Å². The molecule has 5 heteroatoms. The van der Waals surface area contributed by atoms with Gasteiger partial charge >= 0.3 is 0 Å². The maximum absolute atomic E-state index is 6.29. The van der Waals surface area contributed by atoms with Crippen molar-refractivity contribution < 1.29 is 0 Å². The van der Waals surface area contributed by atoms with E-state index in [1.54, 1.807) is 6.08 Å². The predicted molar refractivity (Wildman–Crippen MR) is 85.0 cm³/mol. The Hall–Kier alpha value is -1.35. The lowest BCUT2D eigenvalue weighted by Crippen LogP contribution is -1.96. The van der Waals surface area contributed by atoms with E-state index in [1.165, 1.54) is 0 Å². The monoisotopic (exact) mass is 322 g/mol. The Morgan fingerprint density at radius 3 is 2.60 bits per heavy atom. The first-order valence-electron chi connectivity index (χ1n) is 6.00. The van der Waals surface area contributed by atoms with Gasteiger partial charge in [0.05, 0.1) is 5.52 Å². The van der Waals surface area contributed by atoms with Gasteiger partial charge in [0.2, 0.25) is 0 Å². The zero-order chi connectivity index (χ0) is 14.1. The summed E-state index contributed by atoms with van der Waals surface area (Å²) < 4.78 is 0. The first kappa shape index (κ1) is 13.6. The highest BCUT2D eigenvalue weighted by molar-refractivity contribution is 6.35. The SMILES string of the molecule is ClC1=CCC(Cl)=C(c2nc(Cl)c3ccccc3n2)C=C1. The Kier molecular flexibility index (Phi) is 3.79. The Balaban J connectivity index is 2.18. The van der Waals surface area contributed by atoms with Gasteiger partial charge in [0.25, 0.3) is 0 Å². The highest BCUT2D eigenvalue weighted by atomic mass is 35.5. The van der Waals surface area contributed by atoms with Crippen molar-refractivity contribution in [3.63, 3.8) is 0 Å². The molecule has 20 heavy (non-hydrogen) atoms. The third-order valence-electron chi connectivity index (χ3n) is 2.98. The maximum atomic E-state index is 6.29. The molecule has 0 N–H and O–H groups in total. The largest absolute Gasteiger partial charge is 0.228 e. The molecule has 1 aliphatic carbocycles. The summed E-state index contributed by atoms with van der Waals surface area (Å²) in [5, 5.41) is 2.52. The van der Waals surface area contributed by atoms with Crippen LogP contribution >= 0.6 is 34.8 Å². The van der Waals surface area contributed by atoms with Crippen LogP contribution in [0.15, 0.2) is 52.6 Å². The molecule has 0 atom stereocenters. The first-order valence-corrected chi connectivity index (χ1v) is 7.13. The number of fused-ring (bicyclic) bond motifs is 1. The molecule has 0 aliphatic heterocycles. The van der Waals surface area contributed by atoms with Crippen LogP contribution in [0.1, 0.15) is 12.2 Å². The number of benzene rings is 1. The standard InChI is InChI=1S/C15H9Cl3N2/c16-9-5-7-10(12(17)8-6-9)15-19-13-4-2-1-3-11(13)14(18)20-15/h1-7H,8H2. The second-order valence-electron chi connectivity index (χ2n) is 4.30. The summed E-state index contributed by atoms with van der Waals surface area (Å²) in [6.45, 7) is 0. The van der Waals surface area contributed by atoms with Crippen LogP contribution in [0, 0.1) is 0 Å². The Labute approximate surface area is 131 Å². The van der Waals surface area contributed by atoms with Gasteiger partial charge < -0.3 is 0 Å². The summed E-state index contributed by atoms with van der Waals surface area (Å²) in [4.78, 5) is 8.86. The summed E-state index contributed by atoms with van der Waals surface area (Å²) in [5.74, 6) is 0.509. The van der Waals surface area contributed by atoms with Crippen molar-refractivity contribution >= 4 is 51.3 Å².